The summed E-state index contributed by atoms with van der Waals surface area (Å²) in [5.41, 5.74) is 0. The van der Waals surface area contributed by atoms with Gasteiger partial charge in [-0.25, -0.2) is 0 Å². The van der Waals surface area contributed by atoms with E-state index in [2.05, 4.69) is 0 Å². The Hall–Kier alpha value is 0.788. The third-order valence-corrected chi connectivity index (χ3v) is 12.4. The smallest absolute Gasteiger partial charge is 0.146 e. The summed E-state index contributed by atoms with van der Waals surface area (Å²) >= 11 is 0. The molecule has 0 radical (unpaired) electrons. The highest BCUT2D eigenvalue weighted by molar-refractivity contribution is 6.43. The molecule has 1 aliphatic rings. The number of hydrogen-bond donors (Lipinski definition) is 0. The first-order valence-electron chi connectivity index (χ1n) is 10.2. The van der Waals surface area contributed by atoms with E-state index in [1.165, 1.54) is 101 Å². The topological polar surface area (TPSA) is 18.5 Å². The van der Waals surface area contributed by atoms with Crippen LogP contribution in [0, 0.1) is 0 Å². The molecule has 0 atom stereocenters. The zero-order chi connectivity index (χ0) is 15.6. The van der Waals surface area contributed by atoms with Crippen LogP contribution in [0.2, 0.25) is 24.2 Å². The predicted molar refractivity (Wildman–Crippen MR) is 111 cm³/mol. The lowest BCUT2D eigenvalue weighted by Crippen LogP contribution is -2.04. The minimum atomic E-state index is -0.125. The summed E-state index contributed by atoms with van der Waals surface area (Å²) in [5.74, 6) is 0. The first-order valence-corrected chi connectivity index (χ1v) is 16.5. The Morgan fingerprint density at radius 2 is 0.545 bits per heavy atom. The van der Waals surface area contributed by atoms with Crippen LogP contribution in [0.3, 0.4) is 0 Å². The van der Waals surface area contributed by atoms with Gasteiger partial charge in [0.1, 0.15) is 39.1 Å². The van der Waals surface area contributed by atoms with Crippen LogP contribution >= 0.6 is 0 Å². The van der Waals surface area contributed by atoms with Gasteiger partial charge >= 0.3 is 0 Å². The second kappa shape index (κ2) is 18.1. The molecule has 0 bridgehead atoms. The maximum atomic E-state index is 6.02. The van der Waals surface area contributed by atoms with Gasteiger partial charge in [0.2, 0.25) is 0 Å². The summed E-state index contributed by atoms with van der Waals surface area (Å²) in [5, 5.41) is 0. The monoisotopic (exact) mass is 376 g/mol. The van der Waals surface area contributed by atoms with Crippen LogP contribution < -0.4 is 0 Å². The van der Waals surface area contributed by atoms with Gasteiger partial charge in [-0.3, -0.25) is 0 Å². The summed E-state index contributed by atoms with van der Waals surface area (Å²) in [6.45, 7) is 0. The summed E-state index contributed by atoms with van der Waals surface area (Å²) in [4.78, 5) is 0. The highest BCUT2D eigenvalue weighted by Crippen LogP contribution is 2.11. The van der Waals surface area contributed by atoms with E-state index in [4.69, 9.17) is 8.23 Å². The molecule has 1 heterocycles. The molecule has 2 nitrogen and oxygen atoms in total. The molecule has 0 aromatic rings. The molecular formula is C16H40O2Si4. The van der Waals surface area contributed by atoms with Gasteiger partial charge < -0.3 is 8.23 Å². The van der Waals surface area contributed by atoms with E-state index in [-0.39, 0.29) is 39.1 Å². The summed E-state index contributed by atoms with van der Waals surface area (Å²) in [7, 11) is -0.499. The lowest BCUT2D eigenvalue weighted by molar-refractivity contribution is 0.575. The van der Waals surface area contributed by atoms with Gasteiger partial charge in [0.05, 0.1) is 0 Å². The van der Waals surface area contributed by atoms with Crippen molar-refractivity contribution in [3.63, 3.8) is 0 Å². The SMILES string of the molecule is C1CCCC[SiH2]O[SiH2]CCCCCCCC[SiH2]O[SiH2]CCC1. The first kappa shape index (κ1) is 20.8. The summed E-state index contributed by atoms with van der Waals surface area (Å²) in [6.07, 6.45) is 17.5. The Balaban J connectivity index is 2.00. The number of rotatable bonds is 0. The normalized spacial score (nSPS) is 28.4. The average molecular weight is 377 g/mol. The minimum absolute atomic E-state index is 0.125. The second-order valence-electron chi connectivity index (χ2n) is 6.88. The van der Waals surface area contributed by atoms with E-state index in [0.29, 0.717) is 0 Å². The second-order valence-corrected chi connectivity index (χ2v) is 14.6. The van der Waals surface area contributed by atoms with Crippen molar-refractivity contribution >= 4 is 39.1 Å². The van der Waals surface area contributed by atoms with Gasteiger partial charge in [-0.2, -0.15) is 0 Å². The molecule has 1 saturated heterocycles. The molecule has 132 valence electrons. The highest BCUT2D eigenvalue weighted by Gasteiger charge is 1.97. The van der Waals surface area contributed by atoms with Gasteiger partial charge in [-0.1, -0.05) is 77.0 Å². The van der Waals surface area contributed by atoms with E-state index in [0.717, 1.165) is 0 Å². The first-order chi connectivity index (χ1) is 11.0. The standard InChI is InChI=1S/C16H40O2Si4/c1-2-6-10-14-20-18-22-16-12-8-4-3-7-11-15-21-17-19-13-9-5-1/h1-16,19-22H2. The Labute approximate surface area is 148 Å². The largest absolute Gasteiger partial charge is 0.465 e. The van der Waals surface area contributed by atoms with Crippen molar-refractivity contribution in [2.75, 3.05) is 0 Å². The molecule has 1 aliphatic heterocycles. The molecule has 0 N–H and O–H groups in total. The van der Waals surface area contributed by atoms with Crippen LogP contribution in [0.1, 0.15) is 77.0 Å². The third kappa shape index (κ3) is 15.7. The quantitative estimate of drug-likeness (QED) is 0.605. The Kier molecular flexibility index (Phi) is 17.2. The van der Waals surface area contributed by atoms with Crippen molar-refractivity contribution in [1.29, 1.82) is 0 Å². The maximum Gasteiger partial charge on any atom is 0.146 e. The lowest BCUT2D eigenvalue weighted by Gasteiger charge is -2.06. The van der Waals surface area contributed by atoms with Gasteiger partial charge in [0, 0.05) is 0 Å². The van der Waals surface area contributed by atoms with E-state index >= 15 is 0 Å². The summed E-state index contributed by atoms with van der Waals surface area (Å²) < 4.78 is 12.0. The van der Waals surface area contributed by atoms with Crippen molar-refractivity contribution in [1.82, 2.24) is 0 Å². The molecule has 22 heavy (non-hydrogen) atoms. The highest BCUT2D eigenvalue weighted by atomic mass is 28.3. The Bertz CT molecular complexity index is 122. The van der Waals surface area contributed by atoms with Gasteiger partial charge in [0.25, 0.3) is 0 Å². The summed E-state index contributed by atoms with van der Waals surface area (Å²) in [6, 6.07) is 5.77. The molecule has 0 saturated carbocycles. The Morgan fingerprint density at radius 3 is 0.818 bits per heavy atom. The Morgan fingerprint density at radius 1 is 0.318 bits per heavy atom. The molecule has 0 aromatic heterocycles. The van der Waals surface area contributed by atoms with Crippen LogP contribution in [0.5, 0.6) is 0 Å². The molecule has 0 amide bonds. The average Bonchev–Trinajstić information content (AvgIpc) is 2.53. The van der Waals surface area contributed by atoms with Crippen LogP contribution in [0.25, 0.3) is 0 Å². The molecule has 0 unspecified atom stereocenters. The van der Waals surface area contributed by atoms with Crippen LogP contribution in [-0.2, 0) is 8.23 Å². The fourth-order valence-electron chi connectivity index (χ4n) is 3.14. The van der Waals surface area contributed by atoms with E-state index in [1.54, 1.807) is 0 Å². The molecule has 6 heteroatoms. The van der Waals surface area contributed by atoms with Crippen molar-refractivity contribution in [3.8, 4) is 0 Å². The zero-order valence-corrected chi connectivity index (χ0v) is 20.6. The van der Waals surface area contributed by atoms with Crippen LogP contribution in [0.4, 0.5) is 0 Å². The van der Waals surface area contributed by atoms with Crippen molar-refractivity contribution in [2.45, 2.75) is 101 Å². The molecule has 1 rings (SSSR count). The predicted octanol–water partition coefficient (Wildman–Crippen LogP) is 2.72. The minimum Gasteiger partial charge on any atom is -0.465 e. The fourth-order valence-corrected chi connectivity index (χ4v) is 10.3. The van der Waals surface area contributed by atoms with E-state index < -0.39 is 0 Å². The molecule has 0 aliphatic carbocycles. The zero-order valence-electron chi connectivity index (χ0n) is 15.0. The molecule has 0 aromatic carbocycles. The van der Waals surface area contributed by atoms with Gasteiger partial charge in [0.15, 0.2) is 0 Å². The molecule has 0 spiro atoms. The molecular weight excluding hydrogens is 337 g/mol. The van der Waals surface area contributed by atoms with Crippen LogP contribution in [0.15, 0.2) is 0 Å². The third-order valence-electron chi connectivity index (χ3n) is 4.65. The van der Waals surface area contributed by atoms with Crippen molar-refractivity contribution in [2.24, 2.45) is 0 Å². The molecule has 1 fully saturated rings. The fraction of sp³-hybridized carbons (Fsp3) is 1.00. The van der Waals surface area contributed by atoms with Gasteiger partial charge in [-0.05, 0) is 24.2 Å². The number of hydrogen-bond acceptors (Lipinski definition) is 2. The van der Waals surface area contributed by atoms with Crippen molar-refractivity contribution in [3.05, 3.63) is 0 Å². The van der Waals surface area contributed by atoms with Gasteiger partial charge in [-0.15, -0.1) is 0 Å². The van der Waals surface area contributed by atoms with E-state index in [1.807, 2.05) is 0 Å². The van der Waals surface area contributed by atoms with E-state index in [9.17, 15) is 0 Å². The van der Waals surface area contributed by atoms with Crippen molar-refractivity contribution < 1.29 is 8.23 Å². The maximum absolute atomic E-state index is 6.02. The lowest BCUT2D eigenvalue weighted by atomic mass is 10.1. The van der Waals surface area contributed by atoms with Crippen LogP contribution in [-0.4, -0.2) is 39.1 Å².